The number of β-amino-alcohol motifs (C(OH)–C–C–N with tert-alkyl or cyclic N) is 1. The molecule has 0 bridgehead atoms. The first-order chi connectivity index (χ1) is 11.5. The van der Waals surface area contributed by atoms with E-state index in [0.717, 1.165) is 17.7 Å². The van der Waals surface area contributed by atoms with Gasteiger partial charge in [-0.2, -0.15) is 10.4 Å². The van der Waals surface area contributed by atoms with Gasteiger partial charge in [0.05, 0.1) is 30.5 Å². The Morgan fingerprint density at radius 1 is 1.42 bits per heavy atom. The van der Waals surface area contributed by atoms with E-state index in [-0.39, 0.29) is 0 Å². The summed E-state index contributed by atoms with van der Waals surface area (Å²) in [5, 5.41) is 23.6. The molecule has 0 radical (unpaired) electrons. The van der Waals surface area contributed by atoms with Gasteiger partial charge in [0, 0.05) is 38.4 Å². The number of ether oxygens (including phenoxy) is 1. The van der Waals surface area contributed by atoms with Crippen molar-refractivity contribution in [3.05, 3.63) is 53.3 Å². The van der Waals surface area contributed by atoms with Crippen LogP contribution in [0.15, 0.2) is 36.7 Å². The molecule has 3 rings (SSSR count). The molecular weight excluding hydrogens is 304 g/mol. The molecule has 2 unspecified atom stereocenters. The van der Waals surface area contributed by atoms with Gasteiger partial charge in [0.2, 0.25) is 0 Å². The highest BCUT2D eigenvalue weighted by Crippen LogP contribution is 2.30. The van der Waals surface area contributed by atoms with Crippen molar-refractivity contribution in [2.24, 2.45) is 7.05 Å². The number of aliphatic hydroxyl groups is 1. The van der Waals surface area contributed by atoms with Gasteiger partial charge in [-0.3, -0.25) is 9.58 Å². The maximum Gasteiger partial charge on any atom is 0.106 e. The largest absolute Gasteiger partial charge is 0.387 e. The zero-order chi connectivity index (χ0) is 17.2. The van der Waals surface area contributed by atoms with Gasteiger partial charge >= 0.3 is 0 Å². The lowest BCUT2D eigenvalue weighted by Gasteiger charge is -2.40. The van der Waals surface area contributed by atoms with E-state index in [4.69, 9.17) is 10.00 Å². The normalized spacial score (nSPS) is 22.9. The number of nitrogens with zero attached hydrogens (tertiary/aromatic N) is 4. The molecule has 6 nitrogen and oxygen atoms in total. The first-order valence-electron chi connectivity index (χ1n) is 8.04. The van der Waals surface area contributed by atoms with Crippen LogP contribution in [0.2, 0.25) is 0 Å². The Bertz CT molecular complexity index is 734. The van der Waals surface area contributed by atoms with Crippen molar-refractivity contribution in [1.82, 2.24) is 14.7 Å². The smallest absolute Gasteiger partial charge is 0.106 e. The molecule has 0 amide bonds. The topological polar surface area (TPSA) is 74.3 Å². The van der Waals surface area contributed by atoms with E-state index >= 15 is 0 Å². The van der Waals surface area contributed by atoms with Crippen LogP contribution in [0.5, 0.6) is 0 Å². The second-order valence-corrected chi connectivity index (χ2v) is 6.47. The number of benzene rings is 1. The second kappa shape index (κ2) is 6.73. The summed E-state index contributed by atoms with van der Waals surface area (Å²) in [5.41, 5.74) is 2.05. The summed E-state index contributed by atoms with van der Waals surface area (Å²) in [7, 11) is 1.89. The summed E-state index contributed by atoms with van der Waals surface area (Å²) in [5.74, 6) is 0. The Balaban J connectivity index is 1.67. The van der Waals surface area contributed by atoms with Crippen molar-refractivity contribution in [3.63, 3.8) is 0 Å². The standard InChI is InChI=1S/C18H22N4O2/c1-18(16-10-20-21(2)11-16)13-22(7-8-24-18)12-17(23)15-5-3-14(9-19)4-6-15/h3-6,10-11,17,23H,7-8,12-13H2,1-2H3. The minimum atomic E-state index is -0.589. The van der Waals surface area contributed by atoms with Crippen molar-refractivity contribution in [2.75, 3.05) is 26.2 Å². The molecule has 1 aromatic heterocycles. The molecule has 6 heteroatoms. The van der Waals surface area contributed by atoms with E-state index in [9.17, 15) is 5.11 Å². The van der Waals surface area contributed by atoms with Gasteiger partial charge in [-0.05, 0) is 24.6 Å². The molecule has 0 spiro atoms. The number of nitriles is 1. The Labute approximate surface area is 141 Å². The third-order valence-electron chi connectivity index (χ3n) is 4.52. The van der Waals surface area contributed by atoms with Crippen LogP contribution in [-0.4, -0.2) is 46.0 Å². The van der Waals surface area contributed by atoms with Crippen LogP contribution in [-0.2, 0) is 17.4 Å². The van der Waals surface area contributed by atoms with Gasteiger partial charge in [-0.25, -0.2) is 0 Å². The Morgan fingerprint density at radius 3 is 2.79 bits per heavy atom. The van der Waals surface area contributed by atoms with Crippen LogP contribution < -0.4 is 0 Å². The molecule has 1 aromatic carbocycles. The highest BCUT2D eigenvalue weighted by molar-refractivity contribution is 5.32. The Kier molecular flexibility index (Phi) is 4.67. The van der Waals surface area contributed by atoms with Gasteiger partial charge in [-0.1, -0.05) is 12.1 Å². The van der Waals surface area contributed by atoms with Crippen molar-refractivity contribution in [1.29, 1.82) is 5.26 Å². The van der Waals surface area contributed by atoms with Crippen molar-refractivity contribution < 1.29 is 9.84 Å². The third-order valence-corrected chi connectivity index (χ3v) is 4.52. The average molecular weight is 326 g/mol. The molecular formula is C18H22N4O2. The Morgan fingerprint density at radius 2 is 2.17 bits per heavy atom. The summed E-state index contributed by atoms with van der Waals surface area (Å²) in [6.07, 6.45) is 3.22. The van der Waals surface area contributed by atoms with Gasteiger partial charge < -0.3 is 9.84 Å². The highest BCUT2D eigenvalue weighted by atomic mass is 16.5. The maximum absolute atomic E-state index is 10.5. The molecule has 1 fully saturated rings. The number of aliphatic hydroxyl groups excluding tert-OH is 1. The van der Waals surface area contributed by atoms with Crippen LogP contribution in [0.1, 0.15) is 29.7 Å². The zero-order valence-corrected chi connectivity index (χ0v) is 14.0. The lowest BCUT2D eigenvalue weighted by molar-refractivity contribution is -0.109. The van der Waals surface area contributed by atoms with Crippen molar-refractivity contribution in [3.8, 4) is 6.07 Å². The first kappa shape index (κ1) is 16.7. The van der Waals surface area contributed by atoms with Crippen LogP contribution in [0.4, 0.5) is 0 Å². The minimum Gasteiger partial charge on any atom is -0.387 e. The number of hydrogen-bond acceptors (Lipinski definition) is 5. The summed E-state index contributed by atoms with van der Waals surface area (Å²) >= 11 is 0. The van der Waals surface area contributed by atoms with Crippen LogP contribution in [0.25, 0.3) is 0 Å². The van der Waals surface area contributed by atoms with Crippen molar-refractivity contribution in [2.45, 2.75) is 18.6 Å². The maximum atomic E-state index is 10.5. The zero-order valence-electron chi connectivity index (χ0n) is 14.0. The predicted octanol–water partition coefficient (Wildman–Crippen LogP) is 1.57. The number of rotatable bonds is 4. The molecule has 1 aliphatic rings. The summed E-state index contributed by atoms with van der Waals surface area (Å²) in [4.78, 5) is 2.21. The number of aromatic nitrogens is 2. The molecule has 24 heavy (non-hydrogen) atoms. The van der Waals surface area contributed by atoms with E-state index in [1.165, 1.54) is 0 Å². The average Bonchev–Trinajstić information content (AvgIpc) is 3.02. The monoisotopic (exact) mass is 326 g/mol. The molecule has 2 atom stereocenters. The number of hydrogen-bond donors (Lipinski definition) is 1. The first-order valence-corrected chi connectivity index (χ1v) is 8.04. The van der Waals surface area contributed by atoms with Crippen LogP contribution >= 0.6 is 0 Å². The van der Waals surface area contributed by atoms with E-state index < -0.39 is 11.7 Å². The number of aryl methyl sites for hydroxylation is 1. The summed E-state index contributed by atoms with van der Waals surface area (Å²) < 4.78 is 7.77. The lowest BCUT2D eigenvalue weighted by atomic mass is 9.96. The van der Waals surface area contributed by atoms with E-state index in [1.54, 1.807) is 16.8 Å². The molecule has 0 saturated carbocycles. The van der Waals surface area contributed by atoms with E-state index in [0.29, 0.717) is 25.3 Å². The quantitative estimate of drug-likeness (QED) is 0.923. The minimum absolute atomic E-state index is 0.420. The molecule has 1 saturated heterocycles. The van der Waals surface area contributed by atoms with Crippen LogP contribution in [0, 0.1) is 11.3 Å². The SMILES string of the molecule is Cn1cc(C2(C)CN(CC(O)c3ccc(C#N)cc3)CCO2)cn1. The fourth-order valence-corrected chi connectivity index (χ4v) is 3.11. The Hall–Kier alpha value is -2.20. The molecule has 0 aliphatic carbocycles. The van der Waals surface area contributed by atoms with Gasteiger partial charge in [-0.15, -0.1) is 0 Å². The fourth-order valence-electron chi connectivity index (χ4n) is 3.11. The third kappa shape index (κ3) is 3.49. The molecule has 1 aliphatic heterocycles. The predicted molar refractivity (Wildman–Crippen MR) is 89.1 cm³/mol. The molecule has 126 valence electrons. The molecule has 2 aromatic rings. The van der Waals surface area contributed by atoms with Gasteiger partial charge in [0.1, 0.15) is 5.60 Å². The van der Waals surface area contributed by atoms with E-state index in [1.807, 2.05) is 31.6 Å². The lowest BCUT2D eigenvalue weighted by Crippen LogP contribution is -2.49. The van der Waals surface area contributed by atoms with E-state index in [2.05, 4.69) is 23.0 Å². The highest BCUT2D eigenvalue weighted by Gasteiger charge is 2.35. The fraction of sp³-hybridized carbons (Fsp3) is 0.444. The van der Waals surface area contributed by atoms with Crippen molar-refractivity contribution >= 4 is 0 Å². The summed E-state index contributed by atoms with van der Waals surface area (Å²) in [6, 6.07) is 9.18. The second-order valence-electron chi connectivity index (χ2n) is 6.47. The molecule has 2 heterocycles. The molecule has 1 N–H and O–H groups in total. The van der Waals surface area contributed by atoms with Gasteiger partial charge in [0.25, 0.3) is 0 Å². The summed E-state index contributed by atoms with van der Waals surface area (Å²) in [6.45, 7) is 4.69. The van der Waals surface area contributed by atoms with Crippen LogP contribution in [0.3, 0.4) is 0 Å². The van der Waals surface area contributed by atoms with Gasteiger partial charge in [0.15, 0.2) is 0 Å². The number of morpholine rings is 1.